The van der Waals surface area contributed by atoms with Crippen LogP contribution in [0.2, 0.25) is 5.15 Å². The third kappa shape index (κ3) is 7.49. The number of pyridine rings is 4. The summed E-state index contributed by atoms with van der Waals surface area (Å²) in [7, 11) is 1.49. The highest BCUT2D eigenvalue weighted by Gasteiger charge is 2.12. The van der Waals surface area contributed by atoms with Crippen LogP contribution in [0.3, 0.4) is 0 Å². The summed E-state index contributed by atoms with van der Waals surface area (Å²) in [6, 6.07) is 13.5. The standard InChI is InChI=1S/C14H11N3O2.C13H8ClN3O/c1-19-14-7-10(3-5-17-14)13(18)6-12-9-16-4-2-11(12)8-15;14-13-6-9(2-4-17-13)12(18)5-11-8-16-3-1-10(11)7-15/h2-5,7,9H,6H2,1H3;1-4,6,8H,5H2. The van der Waals surface area contributed by atoms with Gasteiger partial charge in [-0.05, 0) is 41.5 Å². The molecule has 0 fully saturated rings. The predicted molar refractivity (Wildman–Crippen MR) is 134 cm³/mol. The van der Waals surface area contributed by atoms with Gasteiger partial charge in [-0.3, -0.25) is 19.6 Å². The van der Waals surface area contributed by atoms with Gasteiger partial charge in [0.05, 0.1) is 30.4 Å². The van der Waals surface area contributed by atoms with Crippen LogP contribution in [0.1, 0.15) is 43.0 Å². The Hall–Kier alpha value is -4.99. The lowest BCUT2D eigenvalue weighted by Gasteiger charge is -2.04. The highest BCUT2D eigenvalue weighted by atomic mass is 35.5. The Labute approximate surface area is 218 Å². The maximum atomic E-state index is 12.1. The van der Waals surface area contributed by atoms with Crippen molar-refractivity contribution in [1.82, 2.24) is 19.9 Å². The number of Topliss-reactive ketones (excluding diaryl/α,β-unsaturated/α-hetero) is 2. The molecular formula is C27H19ClN6O3. The van der Waals surface area contributed by atoms with Crippen molar-refractivity contribution in [2.24, 2.45) is 0 Å². The quantitative estimate of drug-likeness (QED) is 0.264. The summed E-state index contributed by atoms with van der Waals surface area (Å²) in [6.07, 6.45) is 9.36. The Morgan fingerprint density at radius 3 is 1.81 bits per heavy atom. The number of methoxy groups -OCH3 is 1. The highest BCUT2D eigenvalue weighted by molar-refractivity contribution is 6.29. The lowest BCUT2D eigenvalue weighted by Crippen LogP contribution is -2.06. The molecule has 0 bridgehead atoms. The van der Waals surface area contributed by atoms with Gasteiger partial charge in [0.2, 0.25) is 5.88 Å². The Morgan fingerprint density at radius 2 is 1.32 bits per heavy atom. The summed E-state index contributed by atoms with van der Waals surface area (Å²) < 4.78 is 4.97. The first kappa shape index (κ1) is 26.6. The van der Waals surface area contributed by atoms with Crippen molar-refractivity contribution in [3.8, 4) is 18.0 Å². The molecule has 0 atom stereocenters. The third-order valence-electron chi connectivity index (χ3n) is 5.06. The summed E-state index contributed by atoms with van der Waals surface area (Å²) in [6.45, 7) is 0. The maximum Gasteiger partial charge on any atom is 0.213 e. The molecule has 4 aromatic rings. The second-order valence-corrected chi connectivity index (χ2v) is 7.83. The van der Waals surface area contributed by atoms with E-state index in [1.54, 1.807) is 30.3 Å². The molecule has 4 rings (SSSR count). The van der Waals surface area contributed by atoms with Crippen LogP contribution in [-0.4, -0.2) is 38.6 Å². The van der Waals surface area contributed by atoms with E-state index in [0.717, 1.165) is 0 Å². The molecule has 0 saturated carbocycles. The van der Waals surface area contributed by atoms with E-state index in [9.17, 15) is 9.59 Å². The number of aromatic nitrogens is 4. The Morgan fingerprint density at radius 1 is 0.811 bits per heavy atom. The van der Waals surface area contributed by atoms with E-state index < -0.39 is 0 Å². The molecule has 0 aliphatic heterocycles. The van der Waals surface area contributed by atoms with Gasteiger partial charge in [0.15, 0.2) is 11.6 Å². The van der Waals surface area contributed by atoms with Crippen molar-refractivity contribution in [3.05, 3.63) is 112 Å². The number of ether oxygens (including phenoxy) is 1. The Balaban J connectivity index is 0.000000206. The van der Waals surface area contributed by atoms with Gasteiger partial charge in [-0.15, -0.1) is 0 Å². The van der Waals surface area contributed by atoms with Crippen LogP contribution in [0.5, 0.6) is 5.88 Å². The number of rotatable bonds is 7. The third-order valence-corrected chi connectivity index (χ3v) is 5.27. The molecule has 4 aromatic heterocycles. The number of carbonyl (C=O) groups is 2. The highest BCUT2D eigenvalue weighted by Crippen LogP contribution is 2.14. The number of nitriles is 2. The monoisotopic (exact) mass is 510 g/mol. The minimum Gasteiger partial charge on any atom is -0.481 e. The van der Waals surface area contributed by atoms with Gasteiger partial charge in [0, 0.05) is 67.2 Å². The van der Waals surface area contributed by atoms with Crippen LogP contribution in [0, 0.1) is 22.7 Å². The lowest BCUT2D eigenvalue weighted by atomic mass is 10.0. The summed E-state index contributed by atoms with van der Waals surface area (Å²) in [5, 5.41) is 18.2. The number of hydrogen-bond donors (Lipinski definition) is 0. The molecule has 9 nitrogen and oxygen atoms in total. The fourth-order valence-electron chi connectivity index (χ4n) is 3.17. The minimum atomic E-state index is -0.121. The van der Waals surface area contributed by atoms with E-state index in [0.29, 0.717) is 39.3 Å². The number of nitrogens with zero attached hydrogens (tertiary/aromatic N) is 6. The maximum absolute atomic E-state index is 12.1. The van der Waals surface area contributed by atoms with Gasteiger partial charge in [0.25, 0.3) is 0 Å². The second kappa shape index (κ2) is 13.2. The van der Waals surface area contributed by atoms with Crippen LogP contribution in [0.15, 0.2) is 73.6 Å². The van der Waals surface area contributed by atoms with Crippen LogP contribution in [0.4, 0.5) is 0 Å². The van der Waals surface area contributed by atoms with E-state index in [4.69, 9.17) is 26.9 Å². The van der Waals surface area contributed by atoms with Crippen molar-refractivity contribution in [3.63, 3.8) is 0 Å². The second-order valence-electron chi connectivity index (χ2n) is 7.44. The molecule has 0 spiro atoms. The molecule has 0 aliphatic rings. The normalized spacial score (nSPS) is 9.73. The molecule has 182 valence electrons. The first-order valence-corrected chi connectivity index (χ1v) is 11.2. The number of carbonyl (C=O) groups excluding carboxylic acids is 2. The van der Waals surface area contributed by atoms with E-state index in [-0.39, 0.29) is 29.6 Å². The van der Waals surface area contributed by atoms with Crippen LogP contribution in [-0.2, 0) is 12.8 Å². The zero-order chi connectivity index (χ0) is 26.6. The minimum absolute atomic E-state index is 0.106. The van der Waals surface area contributed by atoms with E-state index in [1.165, 1.54) is 50.4 Å². The van der Waals surface area contributed by atoms with Gasteiger partial charge in [-0.2, -0.15) is 10.5 Å². The zero-order valence-corrected chi connectivity index (χ0v) is 20.4. The van der Waals surface area contributed by atoms with Crippen molar-refractivity contribution < 1.29 is 14.3 Å². The van der Waals surface area contributed by atoms with Crippen molar-refractivity contribution in [2.45, 2.75) is 12.8 Å². The molecule has 0 saturated heterocycles. The van der Waals surface area contributed by atoms with Gasteiger partial charge < -0.3 is 4.74 Å². The summed E-state index contributed by atoms with van der Waals surface area (Å²) in [5.41, 5.74) is 3.12. The summed E-state index contributed by atoms with van der Waals surface area (Å²) in [4.78, 5) is 39.7. The Kier molecular flexibility index (Phi) is 9.49. The first-order chi connectivity index (χ1) is 17.9. The largest absolute Gasteiger partial charge is 0.481 e. The molecule has 37 heavy (non-hydrogen) atoms. The smallest absolute Gasteiger partial charge is 0.213 e. The molecule has 0 aromatic carbocycles. The average molecular weight is 511 g/mol. The zero-order valence-electron chi connectivity index (χ0n) is 19.6. The van der Waals surface area contributed by atoms with Gasteiger partial charge >= 0.3 is 0 Å². The SMILES string of the molecule is COc1cc(C(=O)Cc2cnccc2C#N)ccn1.N#Cc1ccncc1CC(=O)c1ccnc(Cl)c1. The molecule has 10 heteroatoms. The van der Waals surface area contributed by atoms with Crippen LogP contribution in [0.25, 0.3) is 0 Å². The van der Waals surface area contributed by atoms with Gasteiger partial charge in [-0.25, -0.2) is 9.97 Å². The van der Waals surface area contributed by atoms with Crippen molar-refractivity contribution in [1.29, 1.82) is 10.5 Å². The van der Waals surface area contributed by atoms with Crippen molar-refractivity contribution in [2.75, 3.05) is 7.11 Å². The summed E-state index contributed by atoms with van der Waals surface area (Å²) in [5.74, 6) is 0.159. The summed E-state index contributed by atoms with van der Waals surface area (Å²) >= 11 is 5.72. The molecule has 0 amide bonds. The predicted octanol–water partition coefficient (Wildman–Crippen LogP) is 4.21. The van der Waals surface area contributed by atoms with Gasteiger partial charge in [-0.1, -0.05) is 11.6 Å². The fraction of sp³-hybridized carbons (Fsp3) is 0.111. The molecule has 0 aliphatic carbocycles. The Bertz CT molecular complexity index is 1510. The van der Waals surface area contributed by atoms with E-state index in [2.05, 4.69) is 19.9 Å². The number of halogens is 1. The van der Waals surface area contributed by atoms with Crippen LogP contribution < -0.4 is 4.74 Å². The molecule has 0 radical (unpaired) electrons. The molecular weight excluding hydrogens is 492 g/mol. The molecule has 0 unspecified atom stereocenters. The number of ketones is 2. The first-order valence-electron chi connectivity index (χ1n) is 10.8. The molecule has 4 heterocycles. The topological polar surface area (TPSA) is 143 Å². The van der Waals surface area contributed by atoms with Crippen LogP contribution >= 0.6 is 11.6 Å². The fourth-order valence-corrected chi connectivity index (χ4v) is 3.35. The van der Waals surface area contributed by atoms with Gasteiger partial charge in [0.1, 0.15) is 5.15 Å². The van der Waals surface area contributed by atoms with Crippen molar-refractivity contribution >= 4 is 23.2 Å². The van der Waals surface area contributed by atoms with E-state index >= 15 is 0 Å². The lowest BCUT2D eigenvalue weighted by molar-refractivity contribution is 0.0984. The van der Waals surface area contributed by atoms with E-state index in [1.807, 2.05) is 12.1 Å². The molecule has 0 N–H and O–H groups in total. The number of hydrogen-bond acceptors (Lipinski definition) is 9. The average Bonchev–Trinajstić information content (AvgIpc) is 2.94.